The first-order valence-electron chi connectivity index (χ1n) is 9.41. The van der Waals surface area contributed by atoms with Gasteiger partial charge in [0.2, 0.25) is 5.91 Å². The number of halogens is 1. The predicted octanol–water partition coefficient (Wildman–Crippen LogP) is 3.79. The molecule has 0 saturated heterocycles. The molecular formula is C22H27FN2O. The van der Waals surface area contributed by atoms with Gasteiger partial charge in [-0.15, -0.1) is 0 Å². The summed E-state index contributed by atoms with van der Waals surface area (Å²) in [4.78, 5) is 14.7. The highest BCUT2D eigenvalue weighted by Crippen LogP contribution is 2.35. The molecule has 138 valence electrons. The fourth-order valence-corrected chi connectivity index (χ4v) is 3.28. The van der Waals surface area contributed by atoms with Gasteiger partial charge >= 0.3 is 0 Å². The molecule has 1 fully saturated rings. The maximum absolute atomic E-state index is 12.9. The van der Waals surface area contributed by atoms with Crippen LogP contribution < -0.4 is 5.32 Å². The minimum Gasteiger partial charge on any atom is -0.355 e. The number of rotatable bonds is 9. The first-order valence-corrected chi connectivity index (χ1v) is 9.41. The summed E-state index contributed by atoms with van der Waals surface area (Å²) in [5.41, 5.74) is 2.26. The van der Waals surface area contributed by atoms with E-state index in [1.165, 1.54) is 30.5 Å². The van der Waals surface area contributed by atoms with Gasteiger partial charge in [0, 0.05) is 19.1 Å². The molecule has 1 saturated carbocycles. The number of carbonyl (C=O) groups excluding carboxylic acids is 1. The third-order valence-corrected chi connectivity index (χ3v) is 5.10. The van der Waals surface area contributed by atoms with Crippen LogP contribution in [0, 0.1) is 11.7 Å². The Morgan fingerprint density at radius 2 is 1.81 bits per heavy atom. The van der Waals surface area contributed by atoms with Crippen molar-refractivity contribution in [1.29, 1.82) is 0 Å². The van der Waals surface area contributed by atoms with Crippen LogP contribution in [-0.4, -0.2) is 29.9 Å². The van der Waals surface area contributed by atoms with Gasteiger partial charge in [-0.3, -0.25) is 9.69 Å². The van der Waals surface area contributed by atoms with Crippen molar-refractivity contribution in [2.75, 3.05) is 13.1 Å². The van der Waals surface area contributed by atoms with E-state index >= 15 is 0 Å². The van der Waals surface area contributed by atoms with Gasteiger partial charge < -0.3 is 5.32 Å². The molecule has 0 bridgehead atoms. The second kappa shape index (κ2) is 8.95. The van der Waals surface area contributed by atoms with Gasteiger partial charge in [0.05, 0.1) is 6.54 Å². The first kappa shape index (κ1) is 18.6. The van der Waals surface area contributed by atoms with Gasteiger partial charge in [-0.2, -0.15) is 0 Å². The van der Waals surface area contributed by atoms with E-state index in [-0.39, 0.29) is 11.7 Å². The van der Waals surface area contributed by atoms with Crippen LogP contribution in [0.25, 0.3) is 0 Å². The third-order valence-electron chi connectivity index (χ3n) is 5.10. The lowest BCUT2D eigenvalue weighted by atomic mass is 10.1. The fourth-order valence-electron chi connectivity index (χ4n) is 3.28. The standard InChI is InChI=1S/C22H27FN2O/c1-17(20-9-10-20)25(15-19-5-3-2-4-6-19)16-22(26)24-14-13-18-7-11-21(23)12-8-18/h2-8,11-12,17,20H,9-10,13-16H2,1H3,(H,24,26). The zero-order chi connectivity index (χ0) is 18.4. The molecule has 4 heteroatoms. The lowest BCUT2D eigenvalue weighted by molar-refractivity contribution is -0.123. The molecule has 0 radical (unpaired) electrons. The number of nitrogens with zero attached hydrogens (tertiary/aromatic N) is 1. The van der Waals surface area contributed by atoms with E-state index in [0.717, 1.165) is 12.1 Å². The second-order valence-electron chi connectivity index (χ2n) is 7.20. The van der Waals surface area contributed by atoms with E-state index in [9.17, 15) is 9.18 Å². The molecule has 0 aliphatic heterocycles. The average Bonchev–Trinajstić information content (AvgIpc) is 3.48. The molecular weight excluding hydrogens is 327 g/mol. The SMILES string of the molecule is CC(C1CC1)N(CC(=O)NCCc1ccc(F)cc1)Cc1ccccc1. The summed E-state index contributed by atoms with van der Waals surface area (Å²) in [6.45, 7) is 4.01. The Hall–Kier alpha value is -2.20. The number of carbonyl (C=O) groups is 1. The van der Waals surface area contributed by atoms with Gasteiger partial charge in [0.25, 0.3) is 0 Å². The van der Waals surface area contributed by atoms with Crippen LogP contribution in [0.3, 0.4) is 0 Å². The molecule has 3 nitrogen and oxygen atoms in total. The van der Waals surface area contributed by atoms with Crippen LogP contribution in [0.1, 0.15) is 30.9 Å². The summed E-state index contributed by atoms with van der Waals surface area (Å²) < 4.78 is 12.9. The number of nitrogens with one attached hydrogen (secondary N) is 1. The molecule has 2 aromatic carbocycles. The minimum atomic E-state index is -0.233. The number of hydrogen-bond donors (Lipinski definition) is 1. The third kappa shape index (κ3) is 5.67. The Morgan fingerprint density at radius 1 is 1.12 bits per heavy atom. The summed E-state index contributed by atoms with van der Waals surface area (Å²) in [6, 6.07) is 17.2. The number of hydrogen-bond acceptors (Lipinski definition) is 2. The van der Waals surface area contributed by atoms with E-state index in [1.54, 1.807) is 12.1 Å². The molecule has 1 atom stereocenters. The van der Waals surface area contributed by atoms with E-state index in [0.29, 0.717) is 31.5 Å². The zero-order valence-electron chi connectivity index (χ0n) is 15.3. The topological polar surface area (TPSA) is 32.3 Å². The van der Waals surface area contributed by atoms with Crippen molar-refractivity contribution < 1.29 is 9.18 Å². The molecule has 0 aromatic heterocycles. The molecule has 0 spiro atoms. The first-order chi connectivity index (χ1) is 12.6. The highest BCUT2D eigenvalue weighted by atomic mass is 19.1. The molecule has 26 heavy (non-hydrogen) atoms. The fraction of sp³-hybridized carbons (Fsp3) is 0.409. The van der Waals surface area contributed by atoms with Crippen molar-refractivity contribution >= 4 is 5.91 Å². The highest BCUT2D eigenvalue weighted by molar-refractivity contribution is 5.78. The molecule has 1 unspecified atom stereocenters. The van der Waals surface area contributed by atoms with Crippen molar-refractivity contribution in [3.05, 3.63) is 71.5 Å². The Kier molecular flexibility index (Phi) is 6.40. The van der Waals surface area contributed by atoms with Gasteiger partial charge in [-0.1, -0.05) is 42.5 Å². The lowest BCUT2D eigenvalue weighted by Crippen LogP contribution is -2.42. The molecule has 1 N–H and O–H groups in total. The van der Waals surface area contributed by atoms with Crippen molar-refractivity contribution in [3.8, 4) is 0 Å². The molecule has 0 heterocycles. The van der Waals surface area contributed by atoms with Gasteiger partial charge in [-0.25, -0.2) is 4.39 Å². The van der Waals surface area contributed by atoms with Crippen LogP contribution in [0.4, 0.5) is 4.39 Å². The van der Waals surface area contributed by atoms with Crippen LogP contribution in [0.15, 0.2) is 54.6 Å². The quantitative estimate of drug-likeness (QED) is 0.743. The normalized spacial score (nSPS) is 15.0. The van der Waals surface area contributed by atoms with Crippen molar-refractivity contribution in [2.45, 2.75) is 38.8 Å². The molecule has 1 aliphatic rings. The summed E-state index contributed by atoms with van der Waals surface area (Å²) in [7, 11) is 0. The minimum absolute atomic E-state index is 0.0514. The smallest absolute Gasteiger partial charge is 0.234 e. The van der Waals surface area contributed by atoms with Gasteiger partial charge in [0.15, 0.2) is 0 Å². The summed E-state index contributed by atoms with van der Waals surface area (Å²) in [5, 5.41) is 3.00. The number of amides is 1. The Balaban J connectivity index is 1.50. The monoisotopic (exact) mass is 354 g/mol. The van der Waals surface area contributed by atoms with Gasteiger partial charge in [0.1, 0.15) is 5.82 Å². The second-order valence-corrected chi connectivity index (χ2v) is 7.20. The Morgan fingerprint density at radius 3 is 2.46 bits per heavy atom. The molecule has 1 amide bonds. The summed E-state index contributed by atoms with van der Waals surface area (Å²) in [6.07, 6.45) is 3.24. The van der Waals surface area contributed by atoms with Crippen LogP contribution in [0.2, 0.25) is 0 Å². The largest absolute Gasteiger partial charge is 0.355 e. The van der Waals surface area contributed by atoms with Crippen LogP contribution in [0.5, 0.6) is 0 Å². The summed E-state index contributed by atoms with van der Waals surface area (Å²) in [5.74, 6) is 0.532. The lowest BCUT2D eigenvalue weighted by Gasteiger charge is -2.28. The number of benzene rings is 2. The Labute approximate surface area is 155 Å². The van der Waals surface area contributed by atoms with Crippen LogP contribution >= 0.6 is 0 Å². The van der Waals surface area contributed by atoms with E-state index in [4.69, 9.17) is 0 Å². The van der Waals surface area contributed by atoms with E-state index < -0.39 is 0 Å². The van der Waals surface area contributed by atoms with E-state index in [1.807, 2.05) is 18.2 Å². The highest BCUT2D eigenvalue weighted by Gasteiger charge is 2.32. The van der Waals surface area contributed by atoms with Gasteiger partial charge in [-0.05, 0) is 55.4 Å². The molecule has 2 aromatic rings. The molecule has 1 aliphatic carbocycles. The maximum atomic E-state index is 12.9. The maximum Gasteiger partial charge on any atom is 0.234 e. The molecule has 3 rings (SSSR count). The van der Waals surface area contributed by atoms with Crippen molar-refractivity contribution in [2.24, 2.45) is 5.92 Å². The predicted molar refractivity (Wildman–Crippen MR) is 102 cm³/mol. The Bertz CT molecular complexity index is 698. The van der Waals surface area contributed by atoms with Crippen molar-refractivity contribution in [1.82, 2.24) is 10.2 Å². The van der Waals surface area contributed by atoms with Crippen LogP contribution in [-0.2, 0) is 17.8 Å². The zero-order valence-corrected chi connectivity index (χ0v) is 15.3. The van der Waals surface area contributed by atoms with Crippen molar-refractivity contribution in [3.63, 3.8) is 0 Å². The average molecular weight is 354 g/mol. The summed E-state index contributed by atoms with van der Waals surface area (Å²) >= 11 is 0. The van der Waals surface area contributed by atoms with E-state index in [2.05, 4.69) is 29.3 Å².